The molecule has 1 atom stereocenters. The number of rotatable bonds is 5. The van der Waals surface area contributed by atoms with Gasteiger partial charge in [0.1, 0.15) is 5.25 Å². The van der Waals surface area contributed by atoms with Gasteiger partial charge in [-0.1, -0.05) is 12.1 Å². The summed E-state index contributed by atoms with van der Waals surface area (Å²) < 4.78 is 35.3. The first-order valence-electron chi connectivity index (χ1n) is 7.41. The quantitative estimate of drug-likeness (QED) is 0.761. The molecule has 1 fully saturated rings. The van der Waals surface area contributed by atoms with E-state index < -0.39 is 27.8 Å². The predicted molar refractivity (Wildman–Crippen MR) is 84.5 cm³/mol. The summed E-state index contributed by atoms with van der Waals surface area (Å²) in [6, 6.07) is 6.48. The van der Waals surface area contributed by atoms with E-state index in [0.717, 1.165) is 0 Å². The Kier molecular flexibility index (Phi) is 5.03. The molecule has 1 heterocycles. The number of nitrogens with zero attached hydrogens (tertiary/aromatic N) is 2. The van der Waals surface area contributed by atoms with Crippen LogP contribution in [0, 0.1) is 0 Å². The van der Waals surface area contributed by atoms with E-state index in [-0.39, 0.29) is 12.5 Å². The molecule has 0 saturated carbocycles. The third-order valence-electron chi connectivity index (χ3n) is 3.96. The second-order valence-corrected chi connectivity index (χ2v) is 6.92. The number of hydrogen-bond donors (Lipinski definition) is 0. The molecule has 6 nitrogen and oxygen atoms in total. The molecule has 23 heavy (non-hydrogen) atoms. The van der Waals surface area contributed by atoms with E-state index in [2.05, 4.69) is 0 Å². The number of halogens is 1. The van der Waals surface area contributed by atoms with Crippen LogP contribution in [0.1, 0.15) is 30.6 Å². The molecule has 2 amide bonds. The molecule has 0 N–H and O–H groups in total. The van der Waals surface area contributed by atoms with Crippen LogP contribution in [0.2, 0.25) is 0 Å². The zero-order chi connectivity index (χ0) is 17.2. The Labute approximate surface area is 135 Å². The summed E-state index contributed by atoms with van der Waals surface area (Å²) in [4.78, 5) is 27.4. The van der Waals surface area contributed by atoms with Crippen molar-refractivity contribution in [3.8, 4) is 0 Å². The first kappa shape index (κ1) is 17.4. The Bertz CT molecular complexity index is 716. The van der Waals surface area contributed by atoms with E-state index >= 15 is 0 Å². The molecule has 1 aromatic carbocycles. The van der Waals surface area contributed by atoms with Gasteiger partial charge in [0.05, 0.1) is 11.3 Å². The van der Waals surface area contributed by atoms with Gasteiger partial charge in [-0.05, 0) is 26.0 Å². The summed E-state index contributed by atoms with van der Waals surface area (Å²) in [6.45, 7) is 4.44. The highest BCUT2D eigenvalue weighted by molar-refractivity contribution is 7.87. The summed E-state index contributed by atoms with van der Waals surface area (Å²) in [7, 11) is -4.79. The summed E-state index contributed by atoms with van der Waals surface area (Å²) in [6.07, 6.45) is -0.410. The van der Waals surface area contributed by atoms with Crippen molar-refractivity contribution in [2.45, 2.75) is 25.5 Å². The third kappa shape index (κ3) is 3.52. The van der Waals surface area contributed by atoms with Gasteiger partial charge in [0.25, 0.3) is 5.91 Å². The van der Waals surface area contributed by atoms with Gasteiger partial charge in [-0.3, -0.25) is 9.59 Å². The molecule has 2 rings (SSSR count). The standard InChI is InChI=1S/C15H19FN2O4S/c1-3-17(4-2)15(20)12-7-5-6-8-13(12)18-10-11(9-14(18)19)23(16,21)22/h5-8,11H,3-4,9-10H2,1-2H3. The Morgan fingerprint density at radius 3 is 2.43 bits per heavy atom. The van der Waals surface area contributed by atoms with E-state index in [4.69, 9.17) is 0 Å². The minimum absolute atomic E-state index is 0.245. The van der Waals surface area contributed by atoms with Gasteiger partial charge in [0, 0.05) is 26.1 Å². The number of carbonyl (C=O) groups excluding carboxylic acids is 2. The van der Waals surface area contributed by atoms with Crippen LogP contribution in [0.4, 0.5) is 9.57 Å². The zero-order valence-corrected chi connectivity index (χ0v) is 13.8. The van der Waals surface area contributed by atoms with Gasteiger partial charge >= 0.3 is 10.2 Å². The number of amides is 2. The van der Waals surface area contributed by atoms with Crippen molar-refractivity contribution in [3.63, 3.8) is 0 Å². The summed E-state index contributed by atoms with van der Waals surface area (Å²) in [5.41, 5.74) is 0.627. The molecule has 1 aliphatic heterocycles. The molecule has 1 aliphatic rings. The van der Waals surface area contributed by atoms with Crippen molar-refractivity contribution in [2.75, 3.05) is 24.5 Å². The second-order valence-electron chi connectivity index (χ2n) is 5.30. The van der Waals surface area contributed by atoms with E-state index in [1.54, 1.807) is 29.2 Å². The van der Waals surface area contributed by atoms with Crippen LogP contribution < -0.4 is 4.90 Å². The topological polar surface area (TPSA) is 74.8 Å². The molecule has 0 spiro atoms. The fourth-order valence-electron chi connectivity index (χ4n) is 2.67. The van der Waals surface area contributed by atoms with E-state index in [9.17, 15) is 21.9 Å². The van der Waals surface area contributed by atoms with Gasteiger partial charge < -0.3 is 9.80 Å². The predicted octanol–water partition coefficient (Wildman–Crippen LogP) is 1.57. The summed E-state index contributed by atoms with van der Waals surface area (Å²) in [5.74, 6) is -0.749. The van der Waals surface area contributed by atoms with Gasteiger partial charge in [0.15, 0.2) is 0 Å². The molecule has 8 heteroatoms. The molecule has 126 valence electrons. The van der Waals surface area contributed by atoms with Crippen molar-refractivity contribution in [1.82, 2.24) is 4.90 Å². The highest BCUT2D eigenvalue weighted by atomic mass is 32.3. The highest BCUT2D eigenvalue weighted by Gasteiger charge is 2.40. The number of hydrogen-bond acceptors (Lipinski definition) is 4. The fourth-order valence-corrected chi connectivity index (χ4v) is 3.34. The Morgan fingerprint density at radius 2 is 1.91 bits per heavy atom. The van der Waals surface area contributed by atoms with Crippen molar-refractivity contribution in [1.29, 1.82) is 0 Å². The van der Waals surface area contributed by atoms with Crippen LogP contribution in [-0.4, -0.2) is 50.0 Å². The van der Waals surface area contributed by atoms with Crippen LogP contribution >= 0.6 is 0 Å². The largest absolute Gasteiger partial charge is 0.339 e. The van der Waals surface area contributed by atoms with Crippen LogP contribution in [0.3, 0.4) is 0 Å². The fraction of sp³-hybridized carbons (Fsp3) is 0.467. The molecular weight excluding hydrogens is 323 g/mol. The molecule has 0 radical (unpaired) electrons. The van der Waals surface area contributed by atoms with Crippen LogP contribution in [0.5, 0.6) is 0 Å². The number of carbonyl (C=O) groups is 2. The maximum absolute atomic E-state index is 13.2. The number of para-hydroxylation sites is 1. The number of anilines is 1. The first-order chi connectivity index (χ1) is 10.8. The molecule has 1 aromatic rings. The van der Waals surface area contributed by atoms with Crippen molar-refractivity contribution >= 4 is 27.7 Å². The van der Waals surface area contributed by atoms with Crippen LogP contribution in [0.15, 0.2) is 24.3 Å². The molecule has 0 aromatic heterocycles. The SMILES string of the molecule is CCN(CC)C(=O)c1ccccc1N1CC(S(=O)(=O)F)CC1=O. The molecule has 1 unspecified atom stereocenters. The minimum Gasteiger partial charge on any atom is -0.339 e. The lowest BCUT2D eigenvalue weighted by Crippen LogP contribution is -2.34. The Hall–Kier alpha value is -1.96. The smallest absolute Gasteiger partial charge is 0.307 e. The van der Waals surface area contributed by atoms with Gasteiger partial charge in [-0.25, -0.2) is 0 Å². The van der Waals surface area contributed by atoms with Gasteiger partial charge in [-0.15, -0.1) is 3.89 Å². The lowest BCUT2D eigenvalue weighted by Gasteiger charge is -2.24. The molecule has 0 aliphatic carbocycles. The Morgan fingerprint density at radius 1 is 1.30 bits per heavy atom. The average molecular weight is 342 g/mol. The van der Waals surface area contributed by atoms with Crippen LogP contribution in [0.25, 0.3) is 0 Å². The summed E-state index contributed by atoms with van der Waals surface area (Å²) >= 11 is 0. The van der Waals surface area contributed by atoms with E-state index in [0.29, 0.717) is 24.3 Å². The Balaban J connectivity index is 2.38. The monoisotopic (exact) mass is 342 g/mol. The summed E-state index contributed by atoms with van der Waals surface area (Å²) in [5, 5.41) is -1.38. The van der Waals surface area contributed by atoms with E-state index in [1.165, 1.54) is 4.90 Å². The average Bonchev–Trinajstić information content (AvgIpc) is 2.90. The van der Waals surface area contributed by atoms with E-state index in [1.807, 2.05) is 13.8 Å². The second kappa shape index (κ2) is 6.66. The molecule has 1 saturated heterocycles. The molecular formula is C15H19FN2O4S. The lowest BCUT2D eigenvalue weighted by atomic mass is 10.1. The highest BCUT2D eigenvalue weighted by Crippen LogP contribution is 2.29. The maximum atomic E-state index is 13.2. The van der Waals surface area contributed by atoms with Crippen molar-refractivity contribution < 1.29 is 21.9 Å². The van der Waals surface area contributed by atoms with Gasteiger partial charge in [-0.2, -0.15) is 8.42 Å². The maximum Gasteiger partial charge on any atom is 0.307 e. The normalized spacial score (nSPS) is 18.3. The lowest BCUT2D eigenvalue weighted by molar-refractivity contribution is -0.117. The van der Waals surface area contributed by atoms with Crippen molar-refractivity contribution in [3.05, 3.63) is 29.8 Å². The zero-order valence-electron chi connectivity index (χ0n) is 13.0. The number of benzene rings is 1. The third-order valence-corrected chi connectivity index (χ3v) is 5.08. The minimum atomic E-state index is -4.79. The van der Waals surface area contributed by atoms with Crippen molar-refractivity contribution in [2.24, 2.45) is 0 Å². The van der Waals surface area contributed by atoms with Gasteiger partial charge in [0.2, 0.25) is 5.91 Å². The molecule has 0 bridgehead atoms. The first-order valence-corrected chi connectivity index (χ1v) is 8.86. The van der Waals surface area contributed by atoms with Crippen LogP contribution in [-0.2, 0) is 15.0 Å².